The number of nitrogens with zero attached hydrogens (tertiary/aromatic N) is 2. The fourth-order valence-corrected chi connectivity index (χ4v) is 3.22. The fourth-order valence-electron chi connectivity index (χ4n) is 3.22. The molecule has 0 atom stereocenters. The summed E-state index contributed by atoms with van der Waals surface area (Å²) in [5.74, 6) is -1.11. The van der Waals surface area contributed by atoms with Crippen LogP contribution in [0, 0.1) is 0 Å². The maximum absolute atomic E-state index is 12.9. The second-order valence-corrected chi connectivity index (χ2v) is 6.94. The lowest BCUT2D eigenvalue weighted by molar-refractivity contribution is -0.143. The Morgan fingerprint density at radius 1 is 0.967 bits per heavy atom. The fraction of sp³-hybridized carbons (Fsp3) is 0.421. The lowest BCUT2D eigenvalue weighted by atomic mass is 9.97. The normalized spacial score (nSPS) is 14.3. The Morgan fingerprint density at radius 3 is 2.17 bits per heavy atom. The van der Waals surface area contributed by atoms with Crippen molar-refractivity contribution in [2.24, 2.45) is 0 Å². The molecule has 162 valence electrons. The largest absolute Gasteiger partial charge is 0.416 e. The summed E-state index contributed by atoms with van der Waals surface area (Å²) in [7, 11) is 0. The molecule has 3 rings (SSSR count). The SMILES string of the molecule is O=C(NCCn1nc2c(cc1=O)CCCC2)c1cc(C(F)(F)F)cc(C(F)(F)F)c1. The van der Waals surface area contributed by atoms with E-state index in [9.17, 15) is 35.9 Å². The number of fused-ring (bicyclic) bond motifs is 1. The highest BCUT2D eigenvalue weighted by Crippen LogP contribution is 2.36. The number of hydrogen-bond acceptors (Lipinski definition) is 3. The lowest BCUT2D eigenvalue weighted by Gasteiger charge is -2.16. The van der Waals surface area contributed by atoms with Crippen LogP contribution in [0.3, 0.4) is 0 Å². The molecular weight excluding hydrogens is 416 g/mol. The number of hydrogen-bond donors (Lipinski definition) is 1. The van der Waals surface area contributed by atoms with Crippen molar-refractivity contribution in [1.82, 2.24) is 15.1 Å². The van der Waals surface area contributed by atoms with Crippen molar-refractivity contribution in [3.63, 3.8) is 0 Å². The van der Waals surface area contributed by atoms with Crippen molar-refractivity contribution in [1.29, 1.82) is 0 Å². The predicted molar refractivity (Wildman–Crippen MR) is 93.9 cm³/mol. The van der Waals surface area contributed by atoms with Crippen molar-refractivity contribution in [2.75, 3.05) is 6.54 Å². The van der Waals surface area contributed by atoms with Gasteiger partial charge in [0.2, 0.25) is 0 Å². The highest BCUT2D eigenvalue weighted by Gasteiger charge is 2.37. The summed E-state index contributed by atoms with van der Waals surface area (Å²) in [5, 5.41) is 6.47. The van der Waals surface area contributed by atoms with E-state index in [-0.39, 0.29) is 24.7 Å². The summed E-state index contributed by atoms with van der Waals surface area (Å²) in [6.07, 6.45) is -6.72. The molecular formula is C19H17F6N3O2. The Morgan fingerprint density at radius 2 is 1.57 bits per heavy atom. The number of aryl methyl sites for hydroxylation is 2. The molecule has 0 fully saturated rings. The molecule has 1 aromatic heterocycles. The number of aromatic nitrogens is 2. The highest BCUT2D eigenvalue weighted by atomic mass is 19.4. The van der Waals surface area contributed by atoms with Crippen LogP contribution >= 0.6 is 0 Å². The van der Waals surface area contributed by atoms with E-state index in [1.165, 1.54) is 6.07 Å². The van der Waals surface area contributed by atoms with Gasteiger partial charge in [0.15, 0.2) is 0 Å². The molecule has 2 aromatic rings. The molecule has 1 aliphatic carbocycles. The molecule has 1 heterocycles. The number of alkyl halides is 6. The van der Waals surface area contributed by atoms with Gasteiger partial charge in [-0.05, 0) is 49.4 Å². The number of halogens is 6. The Balaban J connectivity index is 1.74. The first kappa shape index (κ1) is 21.8. The van der Waals surface area contributed by atoms with Gasteiger partial charge in [-0.3, -0.25) is 9.59 Å². The second-order valence-electron chi connectivity index (χ2n) is 6.94. The minimum atomic E-state index is -5.04. The Kier molecular flexibility index (Phi) is 5.91. The van der Waals surface area contributed by atoms with Gasteiger partial charge in [-0.25, -0.2) is 4.68 Å². The van der Waals surface area contributed by atoms with Crippen LogP contribution in [0.5, 0.6) is 0 Å². The van der Waals surface area contributed by atoms with Gasteiger partial charge in [-0.1, -0.05) is 0 Å². The monoisotopic (exact) mass is 433 g/mol. The average molecular weight is 433 g/mol. The second kappa shape index (κ2) is 8.11. The van der Waals surface area contributed by atoms with E-state index in [4.69, 9.17) is 0 Å². The summed E-state index contributed by atoms with van der Waals surface area (Å²) in [4.78, 5) is 24.2. The average Bonchev–Trinajstić information content (AvgIpc) is 2.66. The minimum absolute atomic E-state index is 0.0482. The van der Waals surface area contributed by atoms with Crippen LogP contribution in [0.4, 0.5) is 26.3 Å². The molecule has 5 nitrogen and oxygen atoms in total. The molecule has 0 radical (unpaired) electrons. The maximum Gasteiger partial charge on any atom is 0.416 e. The maximum atomic E-state index is 12.9. The molecule has 0 bridgehead atoms. The molecule has 11 heteroatoms. The minimum Gasteiger partial charge on any atom is -0.350 e. The van der Waals surface area contributed by atoms with Crippen LogP contribution in [0.1, 0.15) is 45.6 Å². The van der Waals surface area contributed by atoms with Crippen molar-refractivity contribution >= 4 is 5.91 Å². The predicted octanol–water partition coefficient (Wildman–Crippen LogP) is 3.59. The van der Waals surface area contributed by atoms with Gasteiger partial charge >= 0.3 is 12.4 Å². The topological polar surface area (TPSA) is 64.0 Å². The number of carbonyl (C=O) groups is 1. The van der Waals surface area contributed by atoms with Crippen LogP contribution in [-0.4, -0.2) is 22.2 Å². The van der Waals surface area contributed by atoms with E-state index in [1.54, 1.807) is 0 Å². The van der Waals surface area contributed by atoms with E-state index < -0.39 is 35.0 Å². The van der Waals surface area contributed by atoms with E-state index in [1.807, 2.05) is 0 Å². The van der Waals surface area contributed by atoms with E-state index in [0.717, 1.165) is 35.2 Å². The van der Waals surface area contributed by atoms with Crippen molar-refractivity contribution in [3.8, 4) is 0 Å². The van der Waals surface area contributed by atoms with E-state index in [2.05, 4.69) is 10.4 Å². The van der Waals surface area contributed by atoms with Crippen LogP contribution < -0.4 is 10.9 Å². The summed E-state index contributed by atoms with van der Waals surface area (Å²) in [5.41, 5.74) is -2.66. The van der Waals surface area contributed by atoms with Gasteiger partial charge in [0.05, 0.1) is 23.4 Å². The molecule has 0 saturated carbocycles. The summed E-state index contributed by atoms with van der Waals surface area (Å²) >= 11 is 0. The van der Waals surface area contributed by atoms with Crippen LogP contribution in [-0.2, 0) is 31.7 Å². The van der Waals surface area contributed by atoms with Crippen LogP contribution in [0.25, 0.3) is 0 Å². The quantitative estimate of drug-likeness (QED) is 0.750. The van der Waals surface area contributed by atoms with Gasteiger partial charge in [0.1, 0.15) is 0 Å². The Labute approximate surface area is 166 Å². The van der Waals surface area contributed by atoms with Crippen molar-refractivity contribution in [3.05, 3.63) is 62.6 Å². The number of amides is 1. The molecule has 1 aliphatic rings. The highest BCUT2D eigenvalue weighted by molar-refractivity contribution is 5.94. The molecule has 1 amide bonds. The molecule has 1 N–H and O–H groups in total. The zero-order valence-electron chi connectivity index (χ0n) is 15.5. The standard InChI is InChI=1S/C19H17F6N3O2/c20-18(21,22)13-7-12(8-14(10-13)19(23,24)25)17(30)26-5-6-28-16(29)9-11-3-1-2-4-15(11)27-28/h7-10H,1-6H2,(H,26,30). The first-order valence-corrected chi connectivity index (χ1v) is 9.13. The van der Waals surface area contributed by atoms with E-state index >= 15 is 0 Å². The van der Waals surface area contributed by atoms with Gasteiger partial charge in [0, 0.05) is 18.2 Å². The third-order valence-corrected chi connectivity index (χ3v) is 4.73. The molecule has 1 aromatic carbocycles. The zero-order valence-corrected chi connectivity index (χ0v) is 15.5. The summed E-state index contributed by atoms with van der Waals surface area (Å²) in [6.45, 7) is -0.259. The molecule has 30 heavy (non-hydrogen) atoms. The number of carbonyl (C=O) groups excluding carboxylic acids is 1. The zero-order chi connectivity index (χ0) is 22.1. The first-order valence-electron chi connectivity index (χ1n) is 9.13. The number of rotatable bonds is 4. The lowest BCUT2D eigenvalue weighted by Crippen LogP contribution is -2.33. The van der Waals surface area contributed by atoms with Crippen LogP contribution in [0.2, 0.25) is 0 Å². The summed E-state index contributed by atoms with van der Waals surface area (Å²) < 4.78 is 78.6. The number of benzene rings is 1. The first-order chi connectivity index (χ1) is 13.9. The van der Waals surface area contributed by atoms with E-state index in [0.29, 0.717) is 18.6 Å². The number of nitrogens with one attached hydrogen (secondary N) is 1. The van der Waals surface area contributed by atoms with Gasteiger partial charge in [-0.2, -0.15) is 31.4 Å². The van der Waals surface area contributed by atoms with Crippen molar-refractivity contribution < 1.29 is 31.1 Å². The Hall–Kier alpha value is -2.85. The van der Waals surface area contributed by atoms with Crippen molar-refractivity contribution in [2.45, 2.75) is 44.6 Å². The summed E-state index contributed by atoms with van der Waals surface area (Å²) in [6, 6.07) is 2.13. The Bertz CT molecular complexity index is 979. The van der Waals surface area contributed by atoms with Gasteiger partial charge < -0.3 is 5.32 Å². The van der Waals surface area contributed by atoms with Crippen LogP contribution in [0.15, 0.2) is 29.1 Å². The third kappa shape index (κ3) is 5.00. The molecule has 0 aliphatic heterocycles. The molecule has 0 spiro atoms. The van der Waals surface area contributed by atoms with Gasteiger partial charge in [-0.15, -0.1) is 0 Å². The molecule has 0 saturated heterocycles. The third-order valence-electron chi connectivity index (χ3n) is 4.73. The van der Waals surface area contributed by atoms with Gasteiger partial charge in [0.25, 0.3) is 11.5 Å². The molecule has 0 unspecified atom stereocenters. The smallest absolute Gasteiger partial charge is 0.350 e.